The number of hydrogen-bond donors (Lipinski definition) is 3. The monoisotopic (exact) mass is 341 g/mol. The quantitative estimate of drug-likeness (QED) is 0.703. The van der Waals surface area contributed by atoms with Crippen LogP contribution in [0.2, 0.25) is 0 Å². The van der Waals surface area contributed by atoms with Gasteiger partial charge in [-0.1, -0.05) is 0 Å². The van der Waals surface area contributed by atoms with Gasteiger partial charge in [-0.3, -0.25) is 4.79 Å². The maximum Gasteiger partial charge on any atom is 0.262 e. The molecule has 1 aliphatic heterocycles. The van der Waals surface area contributed by atoms with E-state index in [1.165, 1.54) is 19.2 Å². The minimum atomic E-state index is -3.81. The summed E-state index contributed by atoms with van der Waals surface area (Å²) in [5, 5.41) is 2.61. The number of carbonyl (C=O) groups is 1. The van der Waals surface area contributed by atoms with Gasteiger partial charge < -0.3 is 20.5 Å². The van der Waals surface area contributed by atoms with Crippen LogP contribution in [0.1, 0.15) is 19.3 Å². The molecule has 1 aromatic rings. The number of amides is 1. The Hall–Kier alpha value is -1.84. The van der Waals surface area contributed by atoms with Crippen LogP contribution in [-0.2, 0) is 14.8 Å². The molecule has 0 spiro atoms. The topological polar surface area (TPSA) is 120 Å². The Morgan fingerprint density at radius 2 is 2.17 bits per heavy atom. The maximum atomic E-state index is 12.6. The number of methoxy groups -OCH3 is 1. The van der Waals surface area contributed by atoms with E-state index in [2.05, 4.69) is 10.0 Å². The first-order chi connectivity index (χ1) is 10.8. The molecule has 0 atom stereocenters. The van der Waals surface area contributed by atoms with Crippen LogP contribution in [0.3, 0.4) is 0 Å². The Kier molecular flexibility index (Phi) is 3.95. The average molecular weight is 341 g/mol. The van der Waals surface area contributed by atoms with Crippen LogP contribution in [-0.4, -0.2) is 40.1 Å². The standard InChI is InChI=1S/C14H19N3O5S/c1-21-11-5-9-10(22-7-13(18)17-9)6-12(11)23(19,20)16-8-14(15)3-2-4-14/h5-6,16H,2-4,7-8,15H2,1H3,(H,17,18). The molecule has 4 N–H and O–H groups in total. The molecule has 2 aliphatic rings. The van der Waals surface area contributed by atoms with Gasteiger partial charge in [0.25, 0.3) is 5.91 Å². The van der Waals surface area contributed by atoms with Crippen molar-refractivity contribution in [3.05, 3.63) is 12.1 Å². The van der Waals surface area contributed by atoms with E-state index < -0.39 is 15.6 Å². The van der Waals surface area contributed by atoms with Gasteiger partial charge in [0.2, 0.25) is 10.0 Å². The van der Waals surface area contributed by atoms with Crippen LogP contribution in [0.4, 0.5) is 5.69 Å². The summed E-state index contributed by atoms with van der Waals surface area (Å²) in [4.78, 5) is 11.3. The van der Waals surface area contributed by atoms with Crippen molar-refractivity contribution in [3.63, 3.8) is 0 Å². The fraction of sp³-hybridized carbons (Fsp3) is 0.500. The van der Waals surface area contributed by atoms with Crippen molar-refractivity contribution in [3.8, 4) is 11.5 Å². The second-order valence-corrected chi connectivity index (χ2v) is 7.61. The Labute approximate surface area is 134 Å². The van der Waals surface area contributed by atoms with E-state index in [-0.39, 0.29) is 35.5 Å². The summed E-state index contributed by atoms with van der Waals surface area (Å²) in [6, 6.07) is 2.78. The molecule has 9 heteroatoms. The number of sulfonamides is 1. The molecular weight excluding hydrogens is 322 g/mol. The molecule has 1 saturated carbocycles. The van der Waals surface area contributed by atoms with Gasteiger partial charge in [-0.25, -0.2) is 13.1 Å². The summed E-state index contributed by atoms with van der Waals surface area (Å²) in [5.74, 6) is 0.113. The Balaban J connectivity index is 1.89. The third-order valence-corrected chi connectivity index (χ3v) is 5.57. The molecule has 1 aliphatic carbocycles. The van der Waals surface area contributed by atoms with Gasteiger partial charge >= 0.3 is 0 Å². The van der Waals surface area contributed by atoms with Crippen molar-refractivity contribution in [2.45, 2.75) is 29.7 Å². The molecule has 0 saturated heterocycles. The maximum absolute atomic E-state index is 12.6. The summed E-state index contributed by atoms with van der Waals surface area (Å²) in [5.41, 5.74) is 5.96. The molecule has 23 heavy (non-hydrogen) atoms. The number of nitrogens with one attached hydrogen (secondary N) is 2. The lowest BCUT2D eigenvalue weighted by Gasteiger charge is -2.38. The van der Waals surface area contributed by atoms with Crippen LogP contribution in [0.15, 0.2) is 17.0 Å². The summed E-state index contributed by atoms with van der Waals surface area (Å²) in [7, 11) is -2.44. The van der Waals surface area contributed by atoms with Crippen molar-refractivity contribution in [1.82, 2.24) is 4.72 Å². The minimum Gasteiger partial charge on any atom is -0.495 e. The lowest BCUT2D eigenvalue weighted by atomic mass is 9.78. The molecule has 126 valence electrons. The number of fused-ring (bicyclic) bond motifs is 1. The average Bonchev–Trinajstić information content (AvgIpc) is 2.49. The molecule has 8 nitrogen and oxygen atoms in total. The van der Waals surface area contributed by atoms with E-state index in [4.69, 9.17) is 15.2 Å². The van der Waals surface area contributed by atoms with Gasteiger partial charge in [0.1, 0.15) is 16.4 Å². The molecule has 1 heterocycles. The number of benzene rings is 1. The lowest BCUT2D eigenvalue weighted by molar-refractivity contribution is -0.118. The van der Waals surface area contributed by atoms with E-state index in [1.807, 2.05) is 0 Å². The number of hydrogen-bond acceptors (Lipinski definition) is 6. The highest BCUT2D eigenvalue weighted by atomic mass is 32.2. The molecule has 1 aromatic carbocycles. The molecular formula is C14H19N3O5S. The van der Waals surface area contributed by atoms with Crippen LogP contribution in [0.5, 0.6) is 11.5 Å². The van der Waals surface area contributed by atoms with Gasteiger partial charge in [0.05, 0.1) is 12.8 Å². The highest BCUT2D eigenvalue weighted by Gasteiger charge is 2.34. The van der Waals surface area contributed by atoms with E-state index in [1.54, 1.807) is 0 Å². The highest BCUT2D eigenvalue weighted by Crippen LogP contribution is 2.37. The largest absolute Gasteiger partial charge is 0.495 e. The zero-order valence-corrected chi connectivity index (χ0v) is 13.5. The number of anilines is 1. The third-order valence-electron chi connectivity index (χ3n) is 4.15. The van der Waals surface area contributed by atoms with Gasteiger partial charge in [-0.15, -0.1) is 0 Å². The number of nitrogens with two attached hydrogens (primary N) is 1. The van der Waals surface area contributed by atoms with Crippen molar-refractivity contribution in [2.24, 2.45) is 5.73 Å². The number of ether oxygens (including phenoxy) is 2. The van der Waals surface area contributed by atoms with Crippen molar-refractivity contribution in [2.75, 3.05) is 25.6 Å². The zero-order valence-electron chi connectivity index (χ0n) is 12.7. The predicted octanol–water partition coefficient (Wildman–Crippen LogP) is 0.186. The zero-order chi connectivity index (χ0) is 16.7. The van der Waals surface area contributed by atoms with Gasteiger partial charge in [0, 0.05) is 24.2 Å². The number of carbonyl (C=O) groups excluding carboxylic acids is 1. The summed E-state index contributed by atoms with van der Waals surface area (Å²) in [6.45, 7) is 0.0192. The summed E-state index contributed by atoms with van der Waals surface area (Å²) < 4.78 is 38.1. The summed E-state index contributed by atoms with van der Waals surface area (Å²) in [6.07, 6.45) is 2.60. The fourth-order valence-corrected chi connectivity index (χ4v) is 3.88. The fourth-order valence-electron chi connectivity index (χ4n) is 2.58. The first-order valence-corrected chi connectivity index (χ1v) is 8.75. The summed E-state index contributed by atoms with van der Waals surface area (Å²) >= 11 is 0. The van der Waals surface area contributed by atoms with Crippen molar-refractivity contribution >= 4 is 21.6 Å². The third kappa shape index (κ3) is 3.12. The Morgan fingerprint density at radius 3 is 2.78 bits per heavy atom. The predicted molar refractivity (Wildman–Crippen MR) is 83.1 cm³/mol. The van der Waals surface area contributed by atoms with Crippen LogP contribution in [0, 0.1) is 0 Å². The van der Waals surface area contributed by atoms with Crippen LogP contribution < -0.4 is 25.2 Å². The van der Waals surface area contributed by atoms with Crippen LogP contribution in [0.25, 0.3) is 0 Å². The lowest BCUT2D eigenvalue weighted by Crippen LogP contribution is -2.54. The van der Waals surface area contributed by atoms with Gasteiger partial charge in [-0.2, -0.15) is 0 Å². The van der Waals surface area contributed by atoms with Crippen molar-refractivity contribution < 1.29 is 22.7 Å². The first-order valence-electron chi connectivity index (χ1n) is 7.26. The molecule has 1 fully saturated rings. The van der Waals surface area contributed by atoms with Crippen LogP contribution >= 0.6 is 0 Å². The molecule has 3 rings (SSSR count). The van der Waals surface area contributed by atoms with Gasteiger partial charge in [0.15, 0.2) is 6.61 Å². The second-order valence-electron chi connectivity index (χ2n) is 5.88. The SMILES string of the molecule is COc1cc2c(cc1S(=O)(=O)NCC1(N)CCC1)OCC(=O)N2. The molecule has 0 radical (unpaired) electrons. The molecule has 0 bridgehead atoms. The smallest absolute Gasteiger partial charge is 0.262 e. The highest BCUT2D eigenvalue weighted by molar-refractivity contribution is 7.89. The Bertz CT molecular complexity index is 743. The Morgan fingerprint density at radius 1 is 1.43 bits per heavy atom. The van der Waals surface area contributed by atoms with E-state index in [9.17, 15) is 13.2 Å². The van der Waals surface area contributed by atoms with Gasteiger partial charge in [-0.05, 0) is 19.3 Å². The first kappa shape index (κ1) is 16.0. The number of rotatable bonds is 5. The minimum absolute atomic E-state index is 0.0437. The van der Waals surface area contributed by atoms with E-state index >= 15 is 0 Å². The normalized spacial score (nSPS) is 19.1. The molecule has 1 amide bonds. The second kappa shape index (κ2) is 5.66. The van der Waals surface area contributed by atoms with E-state index in [0.717, 1.165) is 19.3 Å². The molecule has 0 unspecified atom stereocenters. The van der Waals surface area contributed by atoms with E-state index in [0.29, 0.717) is 5.69 Å². The van der Waals surface area contributed by atoms with Crippen molar-refractivity contribution in [1.29, 1.82) is 0 Å². The molecule has 0 aromatic heterocycles.